The molecule has 0 saturated carbocycles. The average Bonchev–Trinajstić information content (AvgIpc) is 2.84. The van der Waals surface area contributed by atoms with Gasteiger partial charge in [-0.3, -0.25) is 14.9 Å². The number of hydrazone groups is 1. The molecule has 9 nitrogen and oxygen atoms in total. The normalized spacial score (nSPS) is 10.6. The van der Waals surface area contributed by atoms with E-state index in [-0.39, 0.29) is 11.3 Å². The number of hydrogen-bond acceptors (Lipinski definition) is 7. The third-order valence-corrected chi connectivity index (χ3v) is 4.35. The Morgan fingerprint density at radius 2 is 1.70 bits per heavy atom. The molecule has 0 fully saturated rings. The van der Waals surface area contributed by atoms with Gasteiger partial charge < -0.3 is 9.47 Å². The fourth-order valence-electron chi connectivity index (χ4n) is 2.69. The average molecular weight is 447 g/mol. The first kappa shape index (κ1) is 23.1. The lowest BCUT2D eigenvalue weighted by Gasteiger charge is -2.07. The number of benzene rings is 3. The van der Waals surface area contributed by atoms with Gasteiger partial charge in [0.1, 0.15) is 11.5 Å². The van der Waals surface area contributed by atoms with Crippen molar-refractivity contribution in [3.8, 4) is 11.5 Å². The minimum atomic E-state index is -0.578. The van der Waals surface area contributed by atoms with Gasteiger partial charge in [-0.1, -0.05) is 13.0 Å². The van der Waals surface area contributed by atoms with E-state index in [2.05, 4.69) is 10.5 Å². The van der Waals surface area contributed by atoms with Crippen LogP contribution in [0.5, 0.6) is 11.5 Å². The van der Waals surface area contributed by atoms with Crippen LogP contribution in [-0.4, -0.2) is 29.6 Å². The number of non-ortho nitro benzene ring substituents is 1. The number of nitrogens with one attached hydrogen (secondary N) is 1. The standard InChI is InChI=1S/C24H21N3O6/c1-2-14-32-21-12-8-18(9-13-21)24(29)33-22-10-6-17(7-11-22)16-25-26-23(28)19-4-3-5-20(15-19)27(30)31/h3-13,15-16H,2,14H2,1H3,(H,26,28)/b25-16-. The molecule has 0 spiro atoms. The Labute approximate surface area is 189 Å². The first-order valence-corrected chi connectivity index (χ1v) is 10.1. The molecule has 0 bridgehead atoms. The van der Waals surface area contributed by atoms with Gasteiger partial charge in [0, 0.05) is 17.7 Å². The zero-order valence-electron chi connectivity index (χ0n) is 17.8. The summed E-state index contributed by atoms with van der Waals surface area (Å²) < 4.78 is 10.8. The third kappa shape index (κ3) is 6.73. The van der Waals surface area contributed by atoms with Gasteiger partial charge in [-0.05, 0) is 66.6 Å². The molecule has 0 unspecified atom stereocenters. The van der Waals surface area contributed by atoms with Crippen molar-refractivity contribution in [2.75, 3.05) is 6.61 Å². The minimum absolute atomic E-state index is 0.119. The summed E-state index contributed by atoms with van der Waals surface area (Å²) >= 11 is 0. The molecular formula is C24H21N3O6. The van der Waals surface area contributed by atoms with Gasteiger partial charge in [-0.2, -0.15) is 5.10 Å². The molecule has 0 aliphatic heterocycles. The molecule has 3 aromatic carbocycles. The number of nitro groups is 1. The van der Waals surface area contributed by atoms with E-state index in [0.717, 1.165) is 6.42 Å². The van der Waals surface area contributed by atoms with Crippen LogP contribution in [0.15, 0.2) is 77.9 Å². The van der Waals surface area contributed by atoms with E-state index in [0.29, 0.717) is 29.2 Å². The molecule has 0 atom stereocenters. The molecule has 3 aromatic rings. The highest BCUT2D eigenvalue weighted by atomic mass is 16.6. The first-order chi connectivity index (χ1) is 16.0. The summed E-state index contributed by atoms with van der Waals surface area (Å²) in [7, 11) is 0. The van der Waals surface area contributed by atoms with E-state index in [9.17, 15) is 19.7 Å². The Morgan fingerprint density at radius 3 is 2.36 bits per heavy atom. The number of esters is 1. The smallest absolute Gasteiger partial charge is 0.343 e. The zero-order valence-corrected chi connectivity index (χ0v) is 17.8. The maximum absolute atomic E-state index is 12.3. The topological polar surface area (TPSA) is 120 Å². The quantitative estimate of drug-likeness (QED) is 0.171. The largest absolute Gasteiger partial charge is 0.494 e. The number of carbonyl (C=O) groups excluding carboxylic acids is 2. The molecule has 0 aliphatic carbocycles. The highest BCUT2D eigenvalue weighted by Gasteiger charge is 2.11. The number of carbonyl (C=O) groups is 2. The molecule has 33 heavy (non-hydrogen) atoms. The van der Waals surface area contributed by atoms with Gasteiger partial charge in [0.2, 0.25) is 0 Å². The highest BCUT2D eigenvalue weighted by molar-refractivity contribution is 5.95. The predicted octanol–water partition coefficient (Wildman–Crippen LogP) is 4.37. The van der Waals surface area contributed by atoms with E-state index >= 15 is 0 Å². The maximum Gasteiger partial charge on any atom is 0.343 e. The third-order valence-electron chi connectivity index (χ3n) is 4.35. The monoisotopic (exact) mass is 447 g/mol. The van der Waals surface area contributed by atoms with Crippen molar-refractivity contribution in [3.05, 3.63) is 99.6 Å². The van der Waals surface area contributed by atoms with Crippen molar-refractivity contribution >= 4 is 23.8 Å². The van der Waals surface area contributed by atoms with Crippen LogP contribution >= 0.6 is 0 Å². The SMILES string of the molecule is CCCOc1ccc(C(=O)Oc2ccc(/C=N\NC(=O)c3cccc([N+](=O)[O-])c3)cc2)cc1. The van der Waals surface area contributed by atoms with Crippen molar-refractivity contribution in [3.63, 3.8) is 0 Å². The Morgan fingerprint density at radius 1 is 1.00 bits per heavy atom. The second-order valence-electron chi connectivity index (χ2n) is 6.84. The lowest BCUT2D eigenvalue weighted by Crippen LogP contribution is -2.17. The van der Waals surface area contributed by atoms with Crippen LogP contribution in [-0.2, 0) is 0 Å². The van der Waals surface area contributed by atoms with E-state index in [1.165, 1.54) is 30.5 Å². The molecule has 0 radical (unpaired) electrons. The van der Waals surface area contributed by atoms with Gasteiger partial charge in [-0.15, -0.1) is 0 Å². The number of nitro benzene ring substituents is 1. The van der Waals surface area contributed by atoms with E-state index < -0.39 is 16.8 Å². The van der Waals surface area contributed by atoms with Crippen LogP contribution in [0.3, 0.4) is 0 Å². The van der Waals surface area contributed by atoms with E-state index in [4.69, 9.17) is 9.47 Å². The van der Waals surface area contributed by atoms with Crippen molar-refractivity contribution in [2.45, 2.75) is 13.3 Å². The van der Waals surface area contributed by atoms with E-state index in [1.54, 1.807) is 48.5 Å². The summed E-state index contributed by atoms with van der Waals surface area (Å²) in [5.41, 5.74) is 3.29. The van der Waals surface area contributed by atoms with Crippen molar-refractivity contribution in [1.82, 2.24) is 5.43 Å². The lowest BCUT2D eigenvalue weighted by atomic mass is 10.2. The fraction of sp³-hybridized carbons (Fsp3) is 0.125. The molecule has 168 valence electrons. The summed E-state index contributed by atoms with van der Waals surface area (Å²) in [6.07, 6.45) is 2.30. The summed E-state index contributed by atoms with van der Waals surface area (Å²) in [6, 6.07) is 18.6. The summed E-state index contributed by atoms with van der Waals surface area (Å²) in [5, 5.41) is 14.7. The number of hydrogen-bond donors (Lipinski definition) is 1. The molecule has 3 rings (SSSR count). The number of amides is 1. The van der Waals surface area contributed by atoms with Crippen LogP contribution in [0, 0.1) is 10.1 Å². The van der Waals surface area contributed by atoms with Crippen LogP contribution in [0.4, 0.5) is 5.69 Å². The number of ether oxygens (including phenoxy) is 2. The molecule has 0 heterocycles. The molecule has 9 heteroatoms. The molecule has 0 aliphatic rings. The zero-order chi connectivity index (χ0) is 23.6. The maximum atomic E-state index is 12.3. The Bertz CT molecular complexity index is 1160. The van der Waals surface area contributed by atoms with Crippen molar-refractivity contribution in [2.24, 2.45) is 5.10 Å². The van der Waals surface area contributed by atoms with Gasteiger partial charge >= 0.3 is 5.97 Å². The molecule has 1 amide bonds. The summed E-state index contributed by atoms with van der Waals surface area (Å²) in [4.78, 5) is 34.6. The Kier molecular flexibility index (Phi) is 7.85. The van der Waals surface area contributed by atoms with Gasteiger partial charge in [0.15, 0.2) is 0 Å². The molecule has 0 saturated heterocycles. The van der Waals surface area contributed by atoms with Crippen molar-refractivity contribution < 1.29 is 24.0 Å². The molecule has 1 N–H and O–H groups in total. The Hall–Kier alpha value is -4.53. The number of nitrogens with zero attached hydrogens (tertiary/aromatic N) is 2. The number of rotatable bonds is 9. The highest BCUT2D eigenvalue weighted by Crippen LogP contribution is 2.17. The van der Waals surface area contributed by atoms with Crippen LogP contribution in [0.2, 0.25) is 0 Å². The Balaban J connectivity index is 1.54. The fourth-order valence-corrected chi connectivity index (χ4v) is 2.69. The minimum Gasteiger partial charge on any atom is -0.494 e. The second-order valence-corrected chi connectivity index (χ2v) is 6.84. The first-order valence-electron chi connectivity index (χ1n) is 10.1. The molecular weight excluding hydrogens is 426 g/mol. The van der Waals surface area contributed by atoms with Crippen molar-refractivity contribution in [1.29, 1.82) is 0 Å². The summed E-state index contributed by atoms with van der Waals surface area (Å²) in [6.45, 7) is 2.62. The van der Waals surface area contributed by atoms with Gasteiger partial charge in [0.05, 0.1) is 23.3 Å². The van der Waals surface area contributed by atoms with E-state index in [1.807, 2.05) is 6.92 Å². The van der Waals surface area contributed by atoms with Gasteiger partial charge in [-0.25, -0.2) is 10.2 Å². The second kappa shape index (κ2) is 11.2. The van der Waals surface area contributed by atoms with Crippen LogP contribution in [0.1, 0.15) is 39.6 Å². The molecule has 0 aromatic heterocycles. The predicted molar refractivity (Wildman–Crippen MR) is 122 cm³/mol. The summed E-state index contributed by atoms with van der Waals surface area (Å²) in [5.74, 6) is -0.0343. The van der Waals surface area contributed by atoms with Crippen LogP contribution in [0.25, 0.3) is 0 Å². The van der Waals surface area contributed by atoms with Gasteiger partial charge in [0.25, 0.3) is 11.6 Å². The van der Waals surface area contributed by atoms with Crippen LogP contribution < -0.4 is 14.9 Å². The lowest BCUT2D eigenvalue weighted by molar-refractivity contribution is -0.384.